The van der Waals surface area contributed by atoms with E-state index < -0.39 is 0 Å². The van der Waals surface area contributed by atoms with E-state index in [0.29, 0.717) is 10.6 Å². The lowest BCUT2D eigenvalue weighted by Gasteiger charge is -2.11. The van der Waals surface area contributed by atoms with Crippen LogP contribution in [0.15, 0.2) is 10.8 Å². The van der Waals surface area contributed by atoms with Gasteiger partial charge in [0, 0.05) is 6.54 Å². The molecule has 1 saturated heterocycles. The van der Waals surface area contributed by atoms with Crippen LogP contribution >= 0.6 is 15.9 Å². The molecule has 2 rings (SSSR count). The maximum absolute atomic E-state index is 9.32. The maximum Gasteiger partial charge on any atom is 0.168 e. The molecular weight excluding hydrogens is 234 g/mol. The van der Waals surface area contributed by atoms with Crippen LogP contribution in [-0.4, -0.2) is 39.9 Å². The highest BCUT2D eigenvalue weighted by molar-refractivity contribution is 9.10. The molecule has 4 nitrogen and oxygen atoms in total. The zero-order valence-corrected chi connectivity index (χ0v) is 9.03. The number of aromatic hydroxyl groups is 1. The average Bonchev–Trinajstić information content (AvgIpc) is 2.62. The van der Waals surface area contributed by atoms with E-state index in [-0.39, 0.29) is 5.75 Å². The van der Waals surface area contributed by atoms with Gasteiger partial charge in [-0.05, 0) is 35.9 Å². The summed E-state index contributed by atoms with van der Waals surface area (Å²) < 4.78 is 2.53. The molecule has 0 saturated carbocycles. The smallest absolute Gasteiger partial charge is 0.168 e. The maximum atomic E-state index is 9.32. The van der Waals surface area contributed by atoms with Crippen LogP contribution in [0.25, 0.3) is 0 Å². The SMILES string of the molecule is CN1CCC(n2ncc(O)c2Br)C1. The molecule has 1 atom stereocenters. The summed E-state index contributed by atoms with van der Waals surface area (Å²) in [6.45, 7) is 2.09. The molecule has 5 heteroatoms. The third-order valence-corrected chi connectivity index (χ3v) is 3.20. The highest BCUT2D eigenvalue weighted by atomic mass is 79.9. The monoisotopic (exact) mass is 245 g/mol. The molecule has 1 fully saturated rings. The lowest BCUT2D eigenvalue weighted by molar-refractivity contribution is 0.378. The molecule has 0 amide bonds. The number of rotatable bonds is 1. The van der Waals surface area contributed by atoms with Crippen molar-refractivity contribution >= 4 is 15.9 Å². The Morgan fingerprint density at radius 2 is 2.46 bits per heavy atom. The Morgan fingerprint density at radius 3 is 2.92 bits per heavy atom. The van der Waals surface area contributed by atoms with Gasteiger partial charge in [-0.1, -0.05) is 0 Å². The molecule has 0 spiro atoms. The molecule has 1 unspecified atom stereocenters. The second-order valence-electron chi connectivity index (χ2n) is 3.47. The summed E-state index contributed by atoms with van der Waals surface area (Å²) in [5.74, 6) is 0.217. The fraction of sp³-hybridized carbons (Fsp3) is 0.625. The molecular formula is C8H12BrN3O. The first-order valence-electron chi connectivity index (χ1n) is 4.29. The molecule has 0 aromatic carbocycles. The number of halogens is 1. The van der Waals surface area contributed by atoms with E-state index in [0.717, 1.165) is 19.5 Å². The number of hydrogen-bond donors (Lipinski definition) is 1. The minimum atomic E-state index is 0.217. The van der Waals surface area contributed by atoms with Crippen molar-refractivity contribution in [2.75, 3.05) is 20.1 Å². The van der Waals surface area contributed by atoms with Gasteiger partial charge in [0.15, 0.2) is 5.75 Å². The molecule has 72 valence electrons. The van der Waals surface area contributed by atoms with Crippen LogP contribution in [0.3, 0.4) is 0 Å². The number of likely N-dealkylation sites (N-methyl/N-ethyl adjacent to an activating group) is 1. The zero-order valence-electron chi connectivity index (χ0n) is 7.44. The standard InChI is InChI=1S/C8H12BrN3O/c1-11-3-2-6(5-11)12-8(9)7(13)4-10-12/h4,6,13H,2-3,5H2,1H3. The fourth-order valence-electron chi connectivity index (χ4n) is 1.70. The van der Waals surface area contributed by atoms with E-state index in [2.05, 4.69) is 33.0 Å². The van der Waals surface area contributed by atoms with E-state index in [1.54, 1.807) is 0 Å². The molecule has 1 aliphatic rings. The Balaban J connectivity index is 2.21. The van der Waals surface area contributed by atoms with E-state index in [1.807, 2.05) is 4.68 Å². The summed E-state index contributed by atoms with van der Waals surface area (Å²) in [4.78, 5) is 2.26. The second kappa shape index (κ2) is 3.31. The third kappa shape index (κ3) is 1.58. The Bertz CT molecular complexity index is 312. The average molecular weight is 246 g/mol. The summed E-state index contributed by atoms with van der Waals surface area (Å²) in [6.07, 6.45) is 2.57. The van der Waals surface area contributed by atoms with Gasteiger partial charge in [-0.2, -0.15) is 5.10 Å². The van der Waals surface area contributed by atoms with Gasteiger partial charge in [0.05, 0.1) is 12.2 Å². The molecule has 1 aliphatic heterocycles. The van der Waals surface area contributed by atoms with Crippen molar-refractivity contribution in [3.63, 3.8) is 0 Å². The molecule has 0 aliphatic carbocycles. The van der Waals surface area contributed by atoms with Crippen molar-refractivity contribution < 1.29 is 5.11 Å². The Morgan fingerprint density at radius 1 is 1.69 bits per heavy atom. The van der Waals surface area contributed by atoms with Gasteiger partial charge in [0.1, 0.15) is 4.60 Å². The minimum Gasteiger partial charge on any atom is -0.504 e. The van der Waals surface area contributed by atoms with E-state index >= 15 is 0 Å². The fourth-order valence-corrected chi connectivity index (χ4v) is 2.19. The molecule has 1 aromatic rings. The summed E-state index contributed by atoms with van der Waals surface area (Å²) in [7, 11) is 2.09. The first kappa shape index (κ1) is 9.02. The van der Waals surface area contributed by atoms with Gasteiger partial charge in [-0.15, -0.1) is 0 Å². The van der Waals surface area contributed by atoms with Gasteiger partial charge in [0.2, 0.25) is 0 Å². The van der Waals surface area contributed by atoms with Gasteiger partial charge in [-0.3, -0.25) is 4.68 Å². The van der Waals surface area contributed by atoms with Gasteiger partial charge in [0.25, 0.3) is 0 Å². The van der Waals surface area contributed by atoms with E-state index in [4.69, 9.17) is 0 Å². The number of likely N-dealkylation sites (tertiary alicyclic amines) is 1. The summed E-state index contributed by atoms with van der Waals surface area (Å²) in [5.41, 5.74) is 0. The van der Waals surface area contributed by atoms with Gasteiger partial charge < -0.3 is 10.0 Å². The van der Waals surface area contributed by atoms with Crippen LogP contribution < -0.4 is 0 Å². The quantitative estimate of drug-likeness (QED) is 0.810. The zero-order chi connectivity index (χ0) is 9.42. The Labute approximate surface area is 85.3 Å². The first-order chi connectivity index (χ1) is 6.18. The predicted octanol–water partition coefficient (Wildman–Crippen LogP) is 1.23. The van der Waals surface area contributed by atoms with Crippen molar-refractivity contribution in [2.45, 2.75) is 12.5 Å². The highest BCUT2D eigenvalue weighted by Gasteiger charge is 2.24. The van der Waals surface area contributed by atoms with E-state index in [9.17, 15) is 5.11 Å². The lowest BCUT2D eigenvalue weighted by Crippen LogP contribution is -2.17. The van der Waals surface area contributed by atoms with E-state index in [1.165, 1.54) is 6.20 Å². The molecule has 2 heterocycles. The normalized spacial score (nSPS) is 24.0. The van der Waals surface area contributed by atoms with Crippen LogP contribution in [0.4, 0.5) is 0 Å². The van der Waals surface area contributed by atoms with Crippen molar-refractivity contribution in [1.82, 2.24) is 14.7 Å². The van der Waals surface area contributed by atoms with Crippen LogP contribution in [0.1, 0.15) is 12.5 Å². The molecule has 0 radical (unpaired) electrons. The highest BCUT2D eigenvalue weighted by Crippen LogP contribution is 2.29. The number of aromatic nitrogens is 2. The summed E-state index contributed by atoms with van der Waals surface area (Å²) in [5, 5.41) is 13.4. The largest absolute Gasteiger partial charge is 0.504 e. The van der Waals surface area contributed by atoms with Crippen LogP contribution in [-0.2, 0) is 0 Å². The molecule has 1 aromatic heterocycles. The van der Waals surface area contributed by atoms with Crippen LogP contribution in [0, 0.1) is 0 Å². The molecule has 13 heavy (non-hydrogen) atoms. The third-order valence-electron chi connectivity index (χ3n) is 2.43. The minimum absolute atomic E-state index is 0.217. The summed E-state index contributed by atoms with van der Waals surface area (Å²) >= 11 is 3.31. The van der Waals surface area contributed by atoms with Gasteiger partial charge >= 0.3 is 0 Å². The molecule has 1 N–H and O–H groups in total. The van der Waals surface area contributed by atoms with Crippen molar-refractivity contribution in [1.29, 1.82) is 0 Å². The van der Waals surface area contributed by atoms with Gasteiger partial charge in [-0.25, -0.2) is 0 Å². The van der Waals surface area contributed by atoms with Crippen molar-refractivity contribution in [3.05, 3.63) is 10.8 Å². The summed E-state index contributed by atoms with van der Waals surface area (Å²) in [6, 6.07) is 0.389. The van der Waals surface area contributed by atoms with Crippen molar-refractivity contribution in [2.24, 2.45) is 0 Å². The van der Waals surface area contributed by atoms with Crippen LogP contribution in [0.2, 0.25) is 0 Å². The first-order valence-corrected chi connectivity index (χ1v) is 5.08. The second-order valence-corrected chi connectivity index (χ2v) is 4.22. The number of hydrogen-bond acceptors (Lipinski definition) is 3. The molecule has 0 bridgehead atoms. The lowest BCUT2D eigenvalue weighted by atomic mass is 10.3. The van der Waals surface area contributed by atoms with Crippen LogP contribution in [0.5, 0.6) is 5.75 Å². The predicted molar refractivity (Wildman–Crippen MR) is 52.7 cm³/mol. The topological polar surface area (TPSA) is 41.3 Å². The number of nitrogens with zero attached hydrogens (tertiary/aromatic N) is 3. The Hall–Kier alpha value is -0.550. The Kier molecular flexibility index (Phi) is 2.29. The van der Waals surface area contributed by atoms with Crippen molar-refractivity contribution in [3.8, 4) is 5.75 Å².